The van der Waals surface area contributed by atoms with Crippen LogP contribution in [0.4, 0.5) is 0 Å². The van der Waals surface area contributed by atoms with Crippen LogP contribution in [-0.2, 0) is 14.8 Å². The molecule has 1 aliphatic heterocycles. The Morgan fingerprint density at radius 2 is 2.25 bits per heavy atom. The topological polar surface area (TPSA) is 63.9 Å². The summed E-state index contributed by atoms with van der Waals surface area (Å²) in [6.07, 6.45) is 3.79. The molecule has 0 saturated carbocycles. The monoisotopic (exact) mass is 359 g/mol. The molecular formula is C12H14BrN3O3S. The van der Waals surface area contributed by atoms with Crippen LogP contribution in [-0.4, -0.2) is 48.4 Å². The molecule has 108 valence electrons. The van der Waals surface area contributed by atoms with Gasteiger partial charge in [-0.25, -0.2) is 13.4 Å². The van der Waals surface area contributed by atoms with Gasteiger partial charge >= 0.3 is 0 Å². The highest BCUT2D eigenvalue weighted by Gasteiger charge is 2.34. The van der Waals surface area contributed by atoms with Gasteiger partial charge in [0.1, 0.15) is 5.65 Å². The quantitative estimate of drug-likeness (QED) is 0.832. The Kier molecular flexibility index (Phi) is 3.57. The standard InChI is InChI=1S/C12H14BrN3O3S/c1-19-10-4-5-15(8-10)20(17,18)12-6-14-11-3-2-9(13)7-16(11)12/h2-3,6-7,10H,4-5,8H2,1H3/t10-/m1/s1. The third-order valence-corrected chi connectivity index (χ3v) is 5.79. The summed E-state index contributed by atoms with van der Waals surface area (Å²) in [6.45, 7) is 0.863. The van der Waals surface area contributed by atoms with Gasteiger partial charge in [-0.05, 0) is 34.5 Å². The number of imidazole rings is 1. The molecule has 0 radical (unpaired) electrons. The zero-order chi connectivity index (χ0) is 14.3. The molecule has 0 unspecified atom stereocenters. The molecule has 2 aromatic rings. The number of hydrogen-bond donors (Lipinski definition) is 0. The second-order valence-electron chi connectivity index (χ2n) is 4.68. The highest BCUT2D eigenvalue weighted by molar-refractivity contribution is 9.10. The van der Waals surface area contributed by atoms with E-state index in [1.807, 2.05) is 6.07 Å². The Hall–Kier alpha value is -0.960. The van der Waals surface area contributed by atoms with Crippen molar-refractivity contribution in [2.24, 2.45) is 0 Å². The Morgan fingerprint density at radius 3 is 2.95 bits per heavy atom. The van der Waals surface area contributed by atoms with Crippen molar-refractivity contribution in [2.75, 3.05) is 20.2 Å². The fourth-order valence-corrected chi connectivity index (χ4v) is 4.25. The summed E-state index contributed by atoms with van der Waals surface area (Å²) < 4.78 is 34.4. The SMILES string of the molecule is CO[C@@H]1CCN(S(=O)(=O)c2cnc3ccc(Br)cn23)C1. The van der Waals surface area contributed by atoms with Crippen molar-refractivity contribution < 1.29 is 13.2 Å². The molecule has 0 spiro atoms. The first-order valence-corrected chi connectivity index (χ1v) is 8.41. The van der Waals surface area contributed by atoms with Gasteiger partial charge < -0.3 is 4.74 Å². The fourth-order valence-electron chi connectivity index (χ4n) is 2.36. The minimum Gasteiger partial charge on any atom is -0.380 e. The Balaban J connectivity index is 2.03. The number of nitrogens with zero attached hydrogens (tertiary/aromatic N) is 3. The summed E-state index contributed by atoms with van der Waals surface area (Å²) >= 11 is 3.35. The number of hydrogen-bond acceptors (Lipinski definition) is 4. The lowest BCUT2D eigenvalue weighted by Gasteiger charge is -2.15. The number of sulfonamides is 1. The van der Waals surface area contributed by atoms with E-state index >= 15 is 0 Å². The van der Waals surface area contributed by atoms with Gasteiger partial charge in [0.15, 0.2) is 5.03 Å². The number of rotatable bonds is 3. The summed E-state index contributed by atoms with van der Waals surface area (Å²) in [6, 6.07) is 3.60. The largest absolute Gasteiger partial charge is 0.380 e. The lowest BCUT2D eigenvalue weighted by molar-refractivity contribution is 0.115. The van der Waals surface area contributed by atoms with Crippen molar-refractivity contribution in [3.05, 3.63) is 29.0 Å². The normalized spacial score (nSPS) is 20.8. The van der Waals surface area contributed by atoms with E-state index < -0.39 is 10.0 Å². The van der Waals surface area contributed by atoms with Gasteiger partial charge in [-0.15, -0.1) is 0 Å². The highest BCUT2D eigenvalue weighted by atomic mass is 79.9. The van der Waals surface area contributed by atoms with Gasteiger partial charge in [-0.3, -0.25) is 4.40 Å². The average Bonchev–Trinajstić information content (AvgIpc) is 3.05. The molecule has 0 N–H and O–H groups in total. The molecule has 3 heterocycles. The van der Waals surface area contributed by atoms with Crippen molar-refractivity contribution in [1.29, 1.82) is 0 Å². The predicted molar refractivity (Wildman–Crippen MR) is 77.1 cm³/mol. The minimum absolute atomic E-state index is 0.0318. The van der Waals surface area contributed by atoms with E-state index in [9.17, 15) is 8.42 Å². The second kappa shape index (κ2) is 5.10. The number of fused-ring (bicyclic) bond motifs is 1. The van der Waals surface area contributed by atoms with E-state index in [0.717, 1.165) is 10.9 Å². The number of ether oxygens (including phenoxy) is 1. The van der Waals surface area contributed by atoms with Crippen molar-refractivity contribution >= 4 is 31.6 Å². The van der Waals surface area contributed by atoms with Gasteiger partial charge in [0.05, 0.1) is 12.3 Å². The molecule has 0 aliphatic carbocycles. The summed E-state index contributed by atoms with van der Waals surface area (Å²) in [5, 5.41) is 0.186. The summed E-state index contributed by atoms with van der Waals surface area (Å²) in [7, 11) is -1.95. The first-order chi connectivity index (χ1) is 9.52. The Bertz CT molecular complexity index is 743. The molecular weight excluding hydrogens is 346 g/mol. The van der Waals surface area contributed by atoms with Crippen molar-refractivity contribution in [3.8, 4) is 0 Å². The number of aromatic nitrogens is 2. The molecule has 1 saturated heterocycles. The fraction of sp³-hybridized carbons (Fsp3) is 0.417. The molecule has 20 heavy (non-hydrogen) atoms. The zero-order valence-corrected chi connectivity index (χ0v) is 13.3. The lowest BCUT2D eigenvalue weighted by Crippen LogP contribution is -2.30. The molecule has 1 atom stereocenters. The van der Waals surface area contributed by atoms with E-state index in [0.29, 0.717) is 18.7 Å². The molecule has 1 aliphatic rings. The predicted octanol–water partition coefficient (Wildman–Crippen LogP) is 1.51. The van der Waals surface area contributed by atoms with E-state index in [-0.39, 0.29) is 11.1 Å². The van der Waals surface area contributed by atoms with E-state index in [1.165, 1.54) is 10.5 Å². The van der Waals surface area contributed by atoms with Gasteiger partial charge in [0.25, 0.3) is 10.0 Å². The zero-order valence-electron chi connectivity index (χ0n) is 10.9. The molecule has 3 rings (SSSR count). The maximum atomic E-state index is 12.7. The summed E-state index contributed by atoms with van der Waals surface area (Å²) in [5.74, 6) is 0. The molecule has 0 bridgehead atoms. The van der Waals surface area contributed by atoms with Crippen LogP contribution >= 0.6 is 15.9 Å². The number of methoxy groups -OCH3 is 1. The maximum absolute atomic E-state index is 12.7. The van der Waals surface area contributed by atoms with Crippen LogP contribution in [0.3, 0.4) is 0 Å². The van der Waals surface area contributed by atoms with E-state index in [4.69, 9.17) is 4.74 Å². The molecule has 2 aromatic heterocycles. The third kappa shape index (κ3) is 2.26. The summed E-state index contributed by atoms with van der Waals surface area (Å²) in [4.78, 5) is 4.14. The molecule has 6 nitrogen and oxygen atoms in total. The van der Waals surface area contributed by atoms with Gasteiger partial charge in [0, 0.05) is 30.9 Å². The molecule has 0 aromatic carbocycles. The second-order valence-corrected chi connectivity index (χ2v) is 7.48. The van der Waals surface area contributed by atoms with Crippen LogP contribution in [0.1, 0.15) is 6.42 Å². The first kappa shape index (κ1) is 14.0. The van der Waals surface area contributed by atoms with Crippen LogP contribution in [0.2, 0.25) is 0 Å². The molecule has 8 heteroatoms. The van der Waals surface area contributed by atoms with Crippen LogP contribution < -0.4 is 0 Å². The maximum Gasteiger partial charge on any atom is 0.260 e. The molecule has 0 amide bonds. The molecule has 1 fully saturated rings. The number of halogens is 1. The van der Waals surface area contributed by atoms with Crippen LogP contribution in [0, 0.1) is 0 Å². The third-order valence-electron chi connectivity index (χ3n) is 3.48. The van der Waals surface area contributed by atoms with E-state index in [2.05, 4.69) is 20.9 Å². The average molecular weight is 360 g/mol. The minimum atomic E-state index is -3.55. The number of pyridine rings is 1. The van der Waals surface area contributed by atoms with Crippen molar-refractivity contribution in [1.82, 2.24) is 13.7 Å². The summed E-state index contributed by atoms with van der Waals surface area (Å²) in [5.41, 5.74) is 0.606. The van der Waals surface area contributed by atoms with Crippen molar-refractivity contribution in [2.45, 2.75) is 17.6 Å². The van der Waals surface area contributed by atoms with Crippen LogP contribution in [0.15, 0.2) is 34.0 Å². The first-order valence-electron chi connectivity index (χ1n) is 6.18. The van der Waals surface area contributed by atoms with Crippen molar-refractivity contribution in [3.63, 3.8) is 0 Å². The van der Waals surface area contributed by atoms with E-state index in [1.54, 1.807) is 23.8 Å². The van der Waals surface area contributed by atoms with Gasteiger partial charge in [0.2, 0.25) is 0 Å². The smallest absolute Gasteiger partial charge is 0.260 e. The van der Waals surface area contributed by atoms with Gasteiger partial charge in [-0.2, -0.15) is 4.31 Å². The van der Waals surface area contributed by atoms with Gasteiger partial charge in [-0.1, -0.05) is 0 Å². The Labute approximate surface area is 125 Å². The lowest BCUT2D eigenvalue weighted by atomic mass is 10.3. The Morgan fingerprint density at radius 1 is 1.45 bits per heavy atom. The van der Waals surface area contributed by atoms with Crippen LogP contribution in [0.5, 0.6) is 0 Å². The highest BCUT2D eigenvalue weighted by Crippen LogP contribution is 2.24. The van der Waals surface area contributed by atoms with Crippen LogP contribution in [0.25, 0.3) is 5.65 Å².